The molecule has 0 unspecified atom stereocenters. The van der Waals surface area contributed by atoms with E-state index in [4.69, 9.17) is 4.74 Å². The molecule has 32 heavy (non-hydrogen) atoms. The number of aromatic nitrogens is 2. The normalized spacial score (nSPS) is 17.6. The number of ether oxygens (including phenoxy) is 1. The molecule has 1 saturated heterocycles. The maximum absolute atomic E-state index is 12.2. The van der Waals surface area contributed by atoms with Crippen molar-refractivity contribution in [2.75, 3.05) is 41.3 Å². The number of anilines is 3. The van der Waals surface area contributed by atoms with Crippen molar-refractivity contribution in [1.29, 1.82) is 0 Å². The van der Waals surface area contributed by atoms with E-state index in [0.29, 0.717) is 11.8 Å². The Hall–Kier alpha value is -3.14. The molecule has 1 aromatic carbocycles. The van der Waals surface area contributed by atoms with Gasteiger partial charge in [0.05, 0.1) is 17.8 Å². The summed E-state index contributed by atoms with van der Waals surface area (Å²) in [6, 6.07) is 8.38. The molecule has 1 fully saturated rings. The van der Waals surface area contributed by atoms with E-state index >= 15 is 0 Å². The zero-order chi connectivity index (χ0) is 22.7. The molecule has 1 N–H and O–H groups in total. The number of hydrogen-bond acceptors (Lipinski definition) is 8. The quantitative estimate of drug-likeness (QED) is 0.524. The molecular formula is C22H28BN6O3. The van der Waals surface area contributed by atoms with E-state index in [-0.39, 0.29) is 24.8 Å². The summed E-state index contributed by atoms with van der Waals surface area (Å²) in [5, 5.41) is 3.34. The first-order chi connectivity index (χ1) is 15.5. The van der Waals surface area contributed by atoms with Crippen LogP contribution in [0.4, 0.5) is 22.2 Å². The lowest BCUT2D eigenvalue weighted by Crippen LogP contribution is -2.48. The largest absolute Gasteiger partial charge is 0.444 e. The number of rotatable bonds is 7. The van der Waals surface area contributed by atoms with Gasteiger partial charge < -0.3 is 24.6 Å². The van der Waals surface area contributed by atoms with Crippen molar-refractivity contribution >= 4 is 37.1 Å². The van der Waals surface area contributed by atoms with E-state index in [2.05, 4.69) is 51.4 Å². The molecule has 2 aliphatic rings. The fraction of sp³-hybridized carbons (Fsp3) is 0.455. The van der Waals surface area contributed by atoms with Crippen LogP contribution in [-0.4, -0.2) is 66.7 Å². The highest BCUT2D eigenvalue weighted by atomic mass is 16.6. The Labute approximate surface area is 189 Å². The summed E-state index contributed by atoms with van der Waals surface area (Å²) in [4.78, 5) is 37.7. The second kappa shape index (κ2) is 9.56. The highest BCUT2D eigenvalue weighted by Gasteiger charge is 2.30. The predicted molar refractivity (Wildman–Crippen MR) is 125 cm³/mol. The number of carbonyl (C=O) groups excluding carboxylic acids is 2. The first-order valence-corrected chi connectivity index (χ1v) is 10.9. The van der Waals surface area contributed by atoms with Crippen LogP contribution >= 0.6 is 0 Å². The summed E-state index contributed by atoms with van der Waals surface area (Å²) >= 11 is 0. The molecule has 9 nitrogen and oxygen atoms in total. The third-order valence-electron chi connectivity index (χ3n) is 5.82. The van der Waals surface area contributed by atoms with Gasteiger partial charge in [-0.05, 0) is 38.5 Å². The number of amides is 1. The Morgan fingerprint density at radius 1 is 1.12 bits per heavy atom. The van der Waals surface area contributed by atoms with Gasteiger partial charge in [-0.2, -0.15) is 4.98 Å². The highest BCUT2D eigenvalue weighted by molar-refractivity contribution is 6.64. The van der Waals surface area contributed by atoms with E-state index in [1.807, 2.05) is 18.7 Å². The standard InChI is InChI=1S/C22H28BN6O3/c1-15(2)29-20-18(13-32-22(29)31)12-24-21(26-20)25-16(3)17-4-6-19(7-5-17)27-8-10-28(11-9-27)23-14-30/h4-7,12,14-16H,8-11,13H2,1-3H3,(H,24,25,26)/t16-/m0/s1. The van der Waals surface area contributed by atoms with E-state index in [0.717, 1.165) is 43.5 Å². The van der Waals surface area contributed by atoms with Crippen molar-refractivity contribution < 1.29 is 14.3 Å². The average molecular weight is 435 g/mol. The molecule has 0 aliphatic carbocycles. The van der Waals surface area contributed by atoms with Crippen LogP contribution in [0.1, 0.15) is 37.9 Å². The van der Waals surface area contributed by atoms with Crippen molar-refractivity contribution in [1.82, 2.24) is 14.8 Å². The summed E-state index contributed by atoms with van der Waals surface area (Å²) in [5.41, 5.74) is 3.08. The zero-order valence-corrected chi connectivity index (χ0v) is 18.7. The van der Waals surface area contributed by atoms with Gasteiger partial charge in [-0.15, -0.1) is 0 Å². The van der Waals surface area contributed by atoms with Gasteiger partial charge in [0.15, 0.2) is 0 Å². The van der Waals surface area contributed by atoms with Crippen LogP contribution in [-0.2, 0) is 16.1 Å². The summed E-state index contributed by atoms with van der Waals surface area (Å²) in [6.45, 7) is 9.55. The monoisotopic (exact) mass is 435 g/mol. The molecule has 0 bridgehead atoms. The SMILES string of the molecule is CC(C)N1C(=O)OCc2cnc(N[C@@H](C)c3ccc(N4CCN([B]C=O)CC4)cc3)nc21. The maximum Gasteiger partial charge on any atom is 0.416 e. The smallest absolute Gasteiger partial charge is 0.416 e. The van der Waals surface area contributed by atoms with E-state index in [9.17, 15) is 9.59 Å². The molecule has 0 saturated carbocycles. The van der Waals surface area contributed by atoms with Gasteiger partial charge in [0.25, 0.3) is 7.41 Å². The van der Waals surface area contributed by atoms with Crippen LogP contribution in [0, 0.1) is 0 Å². The number of nitrogens with one attached hydrogen (secondary N) is 1. The molecule has 1 atom stereocenters. The molecule has 0 spiro atoms. The first-order valence-electron chi connectivity index (χ1n) is 10.9. The fourth-order valence-corrected chi connectivity index (χ4v) is 3.99. The summed E-state index contributed by atoms with van der Waals surface area (Å²) in [7, 11) is 1.61. The van der Waals surface area contributed by atoms with Crippen LogP contribution in [0.3, 0.4) is 0 Å². The Bertz CT molecular complexity index is 963. The number of nitrogens with zero attached hydrogens (tertiary/aromatic N) is 5. The lowest BCUT2D eigenvalue weighted by molar-refractivity contribution is 0.139. The molecule has 2 aromatic rings. The van der Waals surface area contributed by atoms with Crippen LogP contribution in [0.5, 0.6) is 0 Å². The minimum atomic E-state index is -0.384. The highest BCUT2D eigenvalue weighted by Crippen LogP contribution is 2.28. The third kappa shape index (κ3) is 4.70. The van der Waals surface area contributed by atoms with Gasteiger partial charge in [0.2, 0.25) is 5.95 Å². The van der Waals surface area contributed by atoms with Crippen molar-refractivity contribution in [3.05, 3.63) is 41.6 Å². The summed E-state index contributed by atoms with van der Waals surface area (Å²) < 4.78 is 5.21. The zero-order valence-electron chi connectivity index (χ0n) is 18.7. The number of fused-ring (bicyclic) bond motifs is 1. The molecular weight excluding hydrogens is 407 g/mol. The second-order valence-corrected chi connectivity index (χ2v) is 8.33. The molecule has 4 rings (SSSR count). The fourth-order valence-electron chi connectivity index (χ4n) is 3.99. The number of carbonyl (C=O) groups is 2. The second-order valence-electron chi connectivity index (χ2n) is 8.33. The van der Waals surface area contributed by atoms with Crippen molar-refractivity contribution in [3.63, 3.8) is 0 Å². The Morgan fingerprint density at radius 2 is 1.84 bits per heavy atom. The maximum atomic E-state index is 12.2. The molecule has 10 heteroatoms. The third-order valence-corrected chi connectivity index (χ3v) is 5.82. The number of cyclic esters (lactones) is 1. The number of benzene rings is 1. The van der Waals surface area contributed by atoms with Crippen LogP contribution < -0.4 is 15.1 Å². The van der Waals surface area contributed by atoms with E-state index in [1.165, 1.54) is 5.69 Å². The Kier molecular flexibility index (Phi) is 6.59. The Morgan fingerprint density at radius 3 is 2.50 bits per heavy atom. The van der Waals surface area contributed by atoms with Gasteiger partial charge in [-0.3, -0.25) is 4.90 Å². The molecule has 1 radical (unpaired) electrons. The van der Waals surface area contributed by atoms with E-state index in [1.54, 1.807) is 18.5 Å². The molecule has 3 heterocycles. The van der Waals surface area contributed by atoms with Crippen LogP contribution in [0.25, 0.3) is 0 Å². The van der Waals surface area contributed by atoms with Gasteiger partial charge in [0.1, 0.15) is 12.4 Å². The molecule has 1 amide bonds. The molecule has 1 aromatic heterocycles. The van der Waals surface area contributed by atoms with E-state index < -0.39 is 0 Å². The van der Waals surface area contributed by atoms with Crippen molar-refractivity contribution in [2.45, 2.75) is 39.5 Å². The lowest BCUT2D eigenvalue weighted by Gasteiger charge is -2.35. The number of hydrogen-bond donors (Lipinski definition) is 1. The van der Waals surface area contributed by atoms with Crippen molar-refractivity contribution in [2.24, 2.45) is 0 Å². The average Bonchev–Trinajstić information content (AvgIpc) is 2.79. The number of piperazine rings is 1. The minimum absolute atomic E-state index is 0.0100. The van der Waals surface area contributed by atoms with Crippen molar-refractivity contribution in [3.8, 4) is 0 Å². The van der Waals surface area contributed by atoms with Crippen LogP contribution in [0.2, 0.25) is 0 Å². The molecule has 2 aliphatic heterocycles. The van der Waals surface area contributed by atoms with Crippen LogP contribution in [0.15, 0.2) is 30.5 Å². The topological polar surface area (TPSA) is 90.9 Å². The first kappa shape index (κ1) is 22.1. The van der Waals surface area contributed by atoms with Gasteiger partial charge >= 0.3 is 6.09 Å². The van der Waals surface area contributed by atoms with Gasteiger partial charge in [-0.1, -0.05) is 12.1 Å². The summed E-state index contributed by atoms with van der Waals surface area (Å²) in [6.07, 6.45) is 2.17. The van der Waals surface area contributed by atoms with Gasteiger partial charge in [0, 0.05) is 44.1 Å². The predicted octanol–water partition coefficient (Wildman–Crippen LogP) is 2.45. The minimum Gasteiger partial charge on any atom is -0.444 e. The summed E-state index contributed by atoms with van der Waals surface area (Å²) in [5.74, 6) is 1.07. The molecule has 167 valence electrons. The lowest BCUT2D eigenvalue weighted by atomic mass is 9.93. The van der Waals surface area contributed by atoms with Gasteiger partial charge in [-0.25, -0.2) is 9.78 Å². The Balaban J connectivity index is 1.42.